The molecule has 3 rings (SSSR count). The number of piperidine rings is 1. The summed E-state index contributed by atoms with van der Waals surface area (Å²) in [6.07, 6.45) is 7.06. The summed E-state index contributed by atoms with van der Waals surface area (Å²) in [6, 6.07) is 7.25. The lowest BCUT2D eigenvalue weighted by Gasteiger charge is -2.33. The van der Waals surface area contributed by atoms with Gasteiger partial charge < -0.3 is 20.9 Å². The quantitative estimate of drug-likeness (QED) is 0.710. The summed E-state index contributed by atoms with van der Waals surface area (Å²) in [6.45, 7) is 3.13. The first-order chi connectivity index (χ1) is 14.0. The van der Waals surface area contributed by atoms with Crippen LogP contribution < -0.4 is 16.0 Å². The van der Waals surface area contributed by atoms with Crippen molar-refractivity contribution < 1.29 is 14.4 Å². The van der Waals surface area contributed by atoms with Crippen LogP contribution in [0.5, 0.6) is 0 Å². The van der Waals surface area contributed by atoms with Crippen molar-refractivity contribution in [3.63, 3.8) is 0 Å². The number of carbonyl (C=O) groups is 3. The molecule has 0 spiro atoms. The molecule has 29 heavy (non-hydrogen) atoms. The molecule has 0 aromatic heterocycles. The van der Waals surface area contributed by atoms with Crippen molar-refractivity contribution in [1.82, 2.24) is 15.5 Å². The maximum atomic E-state index is 12.4. The Hall–Kier alpha value is -2.57. The lowest BCUT2D eigenvalue weighted by atomic mass is 9.88. The first kappa shape index (κ1) is 21.1. The van der Waals surface area contributed by atoms with E-state index < -0.39 is 6.03 Å². The average molecular weight is 401 g/mol. The van der Waals surface area contributed by atoms with Gasteiger partial charge in [0.2, 0.25) is 11.8 Å². The highest BCUT2D eigenvalue weighted by Crippen LogP contribution is 2.24. The van der Waals surface area contributed by atoms with Crippen molar-refractivity contribution in [2.45, 2.75) is 57.9 Å². The number of hydrogen-bond donors (Lipinski definition) is 3. The predicted octanol–water partition coefficient (Wildman–Crippen LogP) is 2.80. The third-order valence-corrected chi connectivity index (χ3v) is 5.85. The van der Waals surface area contributed by atoms with Crippen LogP contribution in [-0.2, 0) is 9.59 Å². The lowest BCUT2D eigenvalue weighted by Crippen LogP contribution is -2.50. The number of urea groups is 1. The number of likely N-dealkylation sites (tertiary alicyclic amines) is 1. The number of nitrogens with zero attached hydrogens (tertiary/aromatic N) is 1. The molecule has 3 N–H and O–H groups in total. The van der Waals surface area contributed by atoms with Crippen LogP contribution in [0.25, 0.3) is 0 Å². The summed E-state index contributed by atoms with van der Waals surface area (Å²) in [7, 11) is 0. The van der Waals surface area contributed by atoms with E-state index in [0.29, 0.717) is 18.8 Å². The first-order valence-electron chi connectivity index (χ1n) is 10.7. The fourth-order valence-corrected chi connectivity index (χ4v) is 4.12. The molecular formula is C22H32N4O3. The summed E-state index contributed by atoms with van der Waals surface area (Å²) in [5.41, 5.74) is 1.75. The van der Waals surface area contributed by atoms with Gasteiger partial charge in [-0.25, -0.2) is 4.79 Å². The van der Waals surface area contributed by atoms with E-state index in [1.54, 1.807) is 11.0 Å². The van der Waals surface area contributed by atoms with Gasteiger partial charge in [-0.15, -0.1) is 0 Å². The number of anilines is 1. The van der Waals surface area contributed by atoms with Crippen LogP contribution in [0.2, 0.25) is 0 Å². The van der Waals surface area contributed by atoms with Gasteiger partial charge in [-0.1, -0.05) is 31.4 Å². The number of aryl methyl sites for hydroxylation is 1. The van der Waals surface area contributed by atoms with Gasteiger partial charge in [0.1, 0.15) is 0 Å². The molecule has 2 aliphatic rings. The smallest absolute Gasteiger partial charge is 0.319 e. The number of rotatable bonds is 5. The van der Waals surface area contributed by atoms with Crippen molar-refractivity contribution in [2.75, 3.05) is 25.0 Å². The molecule has 0 bridgehead atoms. The van der Waals surface area contributed by atoms with Crippen molar-refractivity contribution in [3.05, 3.63) is 29.8 Å². The van der Waals surface area contributed by atoms with Gasteiger partial charge >= 0.3 is 6.03 Å². The third-order valence-electron chi connectivity index (χ3n) is 5.85. The second-order valence-corrected chi connectivity index (χ2v) is 8.18. The second-order valence-electron chi connectivity index (χ2n) is 8.18. The van der Waals surface area contributed by atoms with E-state index in [0.717, 1.165) is 44.1 Å². The third kappa shape index (κ3) is 6.48. The highest BCUT2D eigenvalue weighted by atomic mass is 16.2. The van der Waals surface area contributed by atoms with Gasteiger partial charge in [0, 0.05) is 30.7 Å². The summed E-state index contributed by atoms with van der Waals surface area (Å²) in [4.78, 5) is 38.5. The molecule has 158 valence electrons. The van der Waals surface area contributed by atoms with Gasteiger partial charge in [-0.3, -0.25) is 9.59 Å². The highest BCUT2D eigenvalue weighted by molar-refractivity contribution is 5.92. The van der Waals surface area contributed by atoms with E-state index in [9.17, 15) is 14.4 Å². The topological polar surface area (TPSA) is 90.5 Å². The minimum atomic E-state index is -0.390. The minimum absolute atomic E-state index is 0.0310. The van der Waals surface area contributed by atoms with E-state index in [1.807, 2.05) is 25.1 Å². The van der Waals surface area contributed by atoms with Gasteiger partial charge in [0.05, 0.1) is 6.54 Å². The van der Waals surface area contributed by atoms with E-state index in [4.69, 9.17) is 0 Å². The number of carbonyl (C=O) groups excluding carboxylic acids is 3. The summed E-state index contributed by atoms with van der Waals surface area (Å²) in [5.74, 6) is 0.255. The van der Waals surface area contributed by atoms with Crippen LogP contribution in [0.1, 0.15) is 50.5 Å². The van der Waals surface area contributed by atoms with Crippen LogP contribution >= 0.6 is 0 Å². The fraction of sp³-hybridized carbons (Fsp3) is 0.591. The van der Waals surface area contributed by atoms with Gasteiger partial charge in [-0.2, -0.15) is 0 Å². The average Bonchev–Trinajstić information content (AvgIpc) is 2.73. The molecule has 1 saturated carbocycles. The summed E-state index contributed by atoms with van der Waals surface area (Å²) >= 11 is 0. The Kier molecular flexibility index (Phi) is 7.49. The number of hydrogen-bond acceptors (Lipinski definition) is 3. The maximum Gasteiger partial charge on any atom is 0.319 e. The van der Waals surface area contributed by atoms with Crippen LogP contribution in [0.15, 0.2) is 24.3 Å². The normalized spacial score (nSPS) is 18.2. The SMILES string of the molecule is Cc1cccc(NC(=O)NCC(=O)N2CCC(NC(=O)C3CCCCC3)CC2)c1. The Balaban J connectivity index is 1.35. The molecule has 7 heteroatoms. The summed E-state index contributed by atoms with van der Waals surface area (Å²) < 4.78 is 0. The van der Waals surface area contributed by atoms with Gasteiger partial charge in [0.15, 0.2) is 0 Å². The molecule has 7 nitrogen and oxygen atoms in total. The van der Waals surface area contributed by atoms with Crippen LogP contribution in [0, 0.1) is 12.8 Å². The molecule has 1 aliphatic carbocycles. The van der Waals surface area contributed by atoms with E-state index in [2.05, 4.69) is 16.0 Å². The van der Waals surface area contributed by atoms with Crippen LogP contribution in [-0.4, -0.2) is 48.4 Å². The zero-order valence-corrected chi connectivity index (χ0v) is 17.2. The lowest BCUT2D eigenvalue weighted by molar-refractivity contribution is -0.131. The molecule has 1 heterocycles. The Labute approximate surface area is 172 Å². The van der Waals surface area contributed by atoms with E-state index in [-0.39, 0.29) is 30.3 Å². The molecule has 4 amide bonds. The monoisotopic (exact) mass is 400 g/mol. The minimum Gasteiger partial charge on any atom is -0.353 e. The first-order valence-corrected chi connectivity index (χ1v) is 10.7. The van der Waals surface area contributed by atoms with Crippen molar-refractivity contribution in [3.8, 4) is 0 Å². The zero-order valence-electron chi connectivity index (χ0n) is 17.2. The maximum absolute atomic E-state index is 12.4. The fourth-order valence-electron chi connectivity index (χ4n) is 4.12. The molecule has 1 aromatic rings. The van der Waals surface area contributed by atoms with Gasteiger partial charge in [0.25, 0.3) is 0 Å². The predicted molar refractivity (Wildman–Crippen MR) is 113 cm³/mol. The Bertz CT molecular complexity index is 723. The standard InChI is InChI=1S/C22H32N4O3/c1-16-6-5-9-19(14-16)25-22(29)23-15-20(27)26-12-10-18(11-13-26)24-21(28)17-7-3-2-4-8-17/h5-6,9,14,17-18H,2-4,7-8,10-13,15H2,1H3,(H,24,28)(H2,23,25,29). The molecule has 1 saturated heterocycles. The second kappa shape index (κ2) is 10.3. The number of nitrogens with one attached hydrogen (secondary N) is 3. The van der Waals surface area contributed by atoms with Crippen molar-refractivity contribution >= 4 is 23.5 Å². The van der Waals surface area contributed by atoms with Crippen molar-refractivity contribution in [1.29, 1.82) is 0 Å². The molecule has 1 aromatic carbocycles. The summed E-state index contributed by atoms with van der Waals surface area (Å²) in [5, 5.41) is 8.53. The van der Waals surface area contributed by atoms with Gasteiger partial charge in [-0.05, 0) is 50.3 Å². The molecule has 2 fully saturated rings. The Morgan fingerprint density at radius 2 is 1.76 bits per heavy atom. The molecule has 0 atom stereocenters. The van der Waals surface area contributed by atoms with E-state index >= 15 is 0 Å². The molecule has 0 radical (unpaired) electrons. The van der Waals surface area contributed by atoms with Crippen LogP contribution in [0.3, 0.4) is 0 Å². The zero-order chi connectivity index (χ0) is 20.6. The van der Waals surface area contributed by atoms with Crippen molar-refractivity contribution in [2.24, 2.45) is 5.92 Å². The molecule has 1 aliphatic heterocycles. The highest BCUT2D eigenvalue weighted by Gasteiger charge is 2.27. The number of amides is 4. The number of benzene rings is 1. The largest absolute Gasteiger partial charge is 0.353 e. The molecule has 0 unspecified atom stereocenters. The van der Waals surface area contributed by atoms with E-state index in [1.165, 1.54) is 6.42 Å². The van der Waals surface area contributed by atoms with Crippen LogP contribution in [0.4, 0.5) is 10.5 Å². The Morgan fingerprint density at radius 1 is 1.03 bits per heavy atom. The molecular weight excluding hydrogens is 368 g/mol. The Morgan fingerprint density at radius 3 is 2.45 bits per heavy atom.